The third kappa shape index (κ3) is 10.1. The molecule has 0 aromatic carbocycles. The second-order valence-corrected chi connectivity index (χ2v) is 8.37. The Morgan fingerprint density at radius 3 is 2.33 bits per heavy atom. The number of ketones is 1. The Morgan fingerprint density at radius 2 is 1.78 bits per heavy atom. The number of hydrogen-bond acceptors (Lipinski definition) is 6. The number of ether oxygens (including phenoxy) is 1. The molecule has 1 aliphatic carbocycles. The number of carbonyl (C=O) groups excluding carboxylic acids is 3. The van der Waals surface area contributed by atoms with Crippen molar-refractivity contribution in [1.82, 2.24) is 0 Å². The minimum atomic E-state index is -0.660. The molecule has 7 heteroatoms. The number of amidine groups is 1. The van der Waals surface area contributed by atoms with Crippen molar-refractivity contribution in [1.29, 1.82) is 0 Å². The maximum absolute atomic E-state index is 12.3. The average molecular weight is 383 g/mol. The molecule has 0 radical (unpaired) electrons. The Hall–Kier alpha value is -1.92. The Labute approximate surface area is 162 Å². The quantitative estimate of drug-likeness (QED) is 0.215. The average Bonchev–Trinajstić information content (AvgIpc) is 2.57. The second-order valence-electron chi connectivity index (χ2n) is 8.37. The van der Waals surface area contributed by atoms with Crippen molar-refractivity contribution in [3.8, 4) is 0 Å². The normalized spacial score (nSPS) is 17.3. The molecule has 0 heterocycles. The Bertz CT molecular complexity index is 545. The Balaban J connectivity index is 2.63. The minimum Gasteiger partial charge on any atom is -0.460 e. The molecule has 1 atom stereocenters. The van der Waals surface area contributed by atoms with Crippen LogP contribution in [0.25, 0.3) is 0 Å². The molecule has 0 aliphatic heterocycles. The highest BCUT2D eigenvalue weighted by atomic mass is 16.7. The van der Waals surface area contributed by atoms with Gasteiger partial charge in [0.15, 0.2) is 5.78 Å². The van der Waals surface area contributed by atoms with Crippen molar-refractivity contribution in [2.45, 2.75) is 91.1 Å². The van der Waals surface area contributed by atoms with Gasteiger partial charge in [-0.05, 0) is 33.1 Å². The number of nitrogens with two attached hydrogens (primary N) is 1. The summed E-state index contributed by atoms with van der Waals surface area (Å²) in [7, 11) is 0. The van der Waals surface area contributed by atoms with E-state index in [1.54, 1.807) is 20.8 Å². The lowest BCUT2D eigenvalue weighted by atomic mass is 9.84. The van der Waals surface area contributed by atoms with Gasteiger partial charge in [0.05, 0.1) is 12.3 Å². The first-order valence-corrected chi connectivity index (χ1v) is 9.85. The van der Waals surface area contributed by atoms with Crippen LogP contribution in [-0.4, -0.2) is 29.2 Å². The first kappa shape index (κ1) is 23.1. The van der Waals surface area contributed by atoms with Crippen molar-refractivity contribution in [3.05, 3.63) is 0 Å². The molecule has 0 saturated heterocycles. The van der Waals surface area contributed by atoms with Crippen LogP contribution in [0.5, 0.6) is 0 Å². The van der Waals surface area contributed by atoms with E-state index in [-0.39, 0.29) is 12.3 Å². The van der Waals surface area contributed by atoms with Crippen molar-refractivity contribution < 1.29 is 24.0 Å². The minimum absolute atomic E-state index is 0.0731. The van der Waals surface area contributed by atoms with E-state index in [0.717, 1.165) is 12.8 Å². The largest absolute Gasteiger partial charge is 0.460 e. The van der Waals surface area contributed by atoms with Crippen molar-refractivity contribution >= 4 is 23.6 Å². The highest BCUT2D eigenvalue weighted by Gasteiger charge is 2.27. The summed E-state index contributed by atoms with van der Waals surface area (Å²) in [6.45, 7) is 6.56. The summed E-state index contributed by atoms with van der Waals surface area (Å²) in [5.74, 6) is -1.93. The van der Waals surface area contributed by atoms with E-state index in [4.69, 9.17) is 15.3 Å². The highest BCUT2D eigenvalue weighted by Crippen LogP contribution is 2.29. The van der Waals surface area contributed by atoms with Gasteiger partial charge < -0.3 is 15.3 Å². The molecule has 0 spiro atoms. The summed E-state index contributed by atoms with van der Waals surface area (Å²) in [4.78, 5) is 40.4. The summed E-state index contributed by atoms with van der Waals surface area (Å²) in [5, 5.41) is 3.37. The SMILES string of the molecule is CC(=O)/C(N)=N/OC(=O)C(CCCC1CCCCC1)CC(=O)OC(C)(C)C. The van der Waals surface area contributed by atoms with Crippen LogP contribution in [0.2, 0.25) is 0 Å². The summed E-state index contributed by atoms with van der Waals surface area (Å²) >= 11 is 0. The van der Waals surface area contributed by atoms with Crippen molar-refractivity contribution in [3.63, 3.8) is 0 Å². The number of hydrogen-bond donors (Lipinski definition) is 1. The number of Topliss-reactive ketones (excluding diaryl/α,β-unsaturated/α-hetero) is 1. The second kappa shape index (κ2) is 11.0. The molecule has 1 unspecified atom stereocenters. The smallest absolute Gasteiger partial charge is 0.338 e. The maximum Gasteiger partial charge on any atom is 0.338 e. The molecule has 0 aromatic heterocycles. The molecule has 1 fully saturated rings. The topological polar surface area (TPSA) is 108 Å². The van der Waals surface area contributed by atoms with E-state index in [1.165, 1.54) is 39.0 Å². The van der Waals surface area contributed by atoms with E-state index in [2.05, 4.69) is 5.16 Å². The zero-order valence-electron chi connectivity index (χ0n) is 17.1. The van der Waals surface area contributed by atoms with Crippen LogP contribution >= 0.6 is 0 Å². The van der Waals surface area contributed by atoms with Crippen molar-refractivity contribution in [2.75, 3.05) is 0 Å². The van der Waals surface area contributed by atoms with Crippen LogP contribution in [0.1, 0.15) is 85.5 Å². The third-order valence-electron chi connectivity index (χ3n) is 4.65. The molecule has 7 nitrogen and oxygen atoms in total. The summed E-state index contributed by atoms with van der Waals surface area (Å²) in [5.41, 5.74) is 4.76. The van der Waals surface area contributed by atoms with E-state index in [0.29, 0.717) is 12.3 Å². The van der Waals surface area contributed by atoms with Gasteiger partial charge in [-0.25, -0.2) is 4.79 Å². The van der Waals surface area contributed by atoms with E-state index in [9.17, 15) is 14.4 Å². The van der Waals surface area contributed by atoms with Gasteiger partial charge in [-0.1, -0.05) is 50.1 Å². The lowest BCUT2D eigenvalue weighted by molar-refractivity contribution is -0.161. The summed E-state index contributed by atoms with van der Waals surface area (Å²) in [6.07, 6.45) is 8.64. The molecular formula is C20H34N2O5. The van der Waals surface area contributed by atoms with Gasteiger partial charge in [0.1, 0.15) is 5.60 Å². The number of rotatable bonds is 9. The Kier molecular flexibility index (Phi) is 9.46. The van der Waals surface area contributed by atoms with E-state index >= 15 is 0 Å². The van der Waals surface area contributed by atoms with Crippen molar-refractivity contribution in [2.24, 2.45) is 22.7 Å². The summed E-state index contributed by atoms with van der Waals surface area (Å²) < 4.78 is 5.32. The molecule has 0 bridgehead atoms. The van der Waals surface area contributed by atoms with Crippen LogP contribution in [0, 0.1) is 11.8 Å². The zero-order valence-corrected chi connectivity index (χ0v) is 17.1. The first-order chi connectivity index (χ1) is 12.6. The fraction of sp³-hybridized carbons (Fsp3) is 0.800. The molecule has 154 valence electrons. The lowest BCUT2D eigenvalue weighted by Crippen LogP contribution is -2.28. The molecular weight excluding hydrogens is 348 g/mol. The van der Waals surface area contributed by atoms with Gasteiger partial charge in [-0.2, -0.15) is 0 Å². The molecule has 1 rings (SSSR count). The predicted molar refractivity (Wildman–Crippen MR) is 103 cm³/mol. The fourth-order valence-electron chi connectivity index (χ4n) is 3.25. The van der Waals surface area contributed by atoms with Gasteiger partial charge in [0.2, 0.25) is 5.84 Å². The number of nitrogens with zero attached hydrogens (tertiary/aromatic N) is 1. The Morgan fingerprint density at radius 1 is 1.15 bits per heavy atom. The van der Waals surface area contributed by atoms with Gasteiger partial charge in [0, 0.05) is 6.92 Å². The molecule has 2 N–H and O–H groups in total. The molecule has 1 saturated carbocycles. The van der Waals surface area contributed by atoms with Crippen LogP contribution in [0.15, 0.2) is 5.16 Å². The molecule has 27 heavy (non-hydrogen) atoms. The molecule has 0 amide bonds. The van der Waals surface area contributed by atoms with Crippen LogP contribution in [0.3, 0.4) is 0 Å². The fourth-order valence-corrected chi connectivity index (χ4v) is 3.25. The highest BCUT2D eigenvalue weighted by molar-refractivity contribution is 6.37. The van der Waals surface area contributed by atoms with Crippen LogP contribution in [0.4, 0.5) is 0 Å². The summed E-state index contributed by atoms with van der Waals surface area (Å²) in [6, 6.07) is 0. The molecule has 0 aromatic rings. The van der Waals surface area contributed by atoms with Gasteiger partial charge in [-0.15, -0.1) is 0 Å². The number of oxime groups is 1. The van der Waals surface area contributed by atoms with Gasteiger partial charge in [-0.3, -0.25) is 9.59 Å². The van der Waals surface area contributed by atoms with Crippen LogP contribution in [-0.2, 0) is 24.0 Å². The first-order valence-electron chi connectivity index (χ1n) is 9.85. The zero-order chi connectivity index (χ0) is 20.4. The third-order valence-corrected chi connectivity index (χ3v) is 4.65. The number of carbonyl (C=O) groups is 3. The maximum atomic E-state index is 12.3. The van der Waals surface area contributed by atoms with Crippen LogP contribution < -0.4 is 5.73 Å². The number of esters is 1. The van der Waals surface area contributed by atoms with E-state index in [1.807, 2.05) is 0 Å². The van der Waals surface area contributed by atoms with Gasteiger partial charge in [0.25, 0.3) is 0 Å². The standard InChI is InChI=1S/C20H34N2O5/c1-14(23)18(21)22-27-19(25)16(13-17(24)26-20(2,3)4)12-8-11-15-9-6-5-7-10-15/h15-16H,5-13H2,1-4H3,(H2,21,22). The predicted octanol–water partition coefficient (Wildman–Crippen LogP) is 3.49. The van der Waals surface area contributed by atoms with E-state index < -0.39 is 29.2 Å². The molecule has 1 aliphatic rings. The monoisotopic (exact) mass is 382 g/mol. The lowest BCUT2D eigenvalue weighted by Gasteiger charge is -2.23. The van der Waals surface area contributed by atoms with Gasteiger partial charge >= 0.3 is 11.9 Å².